The van der Waals surface area contributed by atoms with Crippen LogP contribution in [0.25, 0.3) is 0 Å². The van der Waals surface area contributed by atoms with Gasteiger partial charge in [-0.2, -0.15) is 5.26 Å². The second kappa shape index (κ2) is 5.18. The normalized spacial score (nSPS) is 14.0. The average molecular weight is 283 g/mol. The van der Waals surface area contributed by atoms with Crippen molar-refractivity contribution in [1.82, 2.24) is 0 Å². The van der Waals surface area contributed by atoms with Crippen molar-refractivity contribution in [2.75, 3.05) is 11.1 Å². The van der Waals surface area contributed by atoms with Crippen LogP contribution in [0.15, 0.2) is 24.3 Å². The first-order valence-electron chi connectivity index (χ1n) is 6.80. The predicted octanol–water partition coefficient (Wildman–Crippen LogP) is 4.00. The molecule has 1 aromatic carbocycles. The molecular weight excluding hydrogens is 266 g/mol. The van der Waals surface area contributed by atoms with E-state index in [0.29, 0.717) is 16.5 Å². The lowest BCUT2D eigenvalue weighted by Crippen LogP contribution is -2.00. The average Bonchev–Trinajstić information content (AvgIpc) is 3.23. The molecule has 0 aliphatic heterocycles. The fourth-order valence-corrected chi connectivity index (χ4v) is 3.34. The highest BCUT2D eigenvalue weighted by Gasteiger charge is 2.31. The van der Waals surface area contributed by atoms with E-state index in [9.17, 15) is 0 Å². The molecule has 1 aliphatic rings. The molecule has 3 N–H and O–H groups in total. The van der Waals surface area contributed by atoms with Crippen LogP contribution in [0.5, 0.6) is 0 Å². The summed E-state index contributed by atoms with van der Waals surface area (Å²) in [4.78, 5) is 0.637. The predicted molar refractivity (Wildman–Crippen MR) is 83.9 cm³/mol. The molecule has 3 rings (SSSR count). The Balaban J connectivity index is 1.80. The molecule has 0 saturated heterocycles. The maximum Gasteiger partial charge on any atom is 0.130 e. The summed E-state index contributed by atoms with van der Waals surface area (Å²) in [6.07, 6.45) is 2.37. The summed E-state index contributed by atoms with van der Waals surface area (Å²) in [6.45, 7) is 2.85. The van der Waals surface area contributed by atoms with Crippen LogP contribution in [-0.2, 0) is 6.54 Å². The summed E-state index contributed by atoms with van der Waals surface area (Å²) in [5.74, 6) is 0.550. The number of rotatable bonds is 4. The van der Waals surface area contributed by atoms with E-state index in [1.165, 1.54) is 40.9 Å². The number of hydrogen-bond donors (Lipinski definition) is 2. The summed E-state index contributed by atoms with van der Waals surface area (Å²) in [5.41, 5.74) is 10.4. The molecule has 20 heavy (non-hydrogen) atoms. The summed E-state index contributed by atoms with van der Waals surface area (Å²) < 4.78 is 0. The third kappa shape index (κ3) is 2.50. The van der Waals surface area contributed by atoms with Crippen molar-refractivity contribution >= 4 is 22.0 Å². The number of nitrogen functional groups attached to an aromatic ring is 1. The van der Waals surface area contributed by atoms with Gasteiger partial charge >= 0.3 is 0 Å². The Morgan fingerprint density at radius 1 is 1.35 bits per heavy atom. The molecule has 4 heteroatoms. The Labute approximate surface area is 123 Å². The first-order chi connectivity index (χ1) is 9.69. The molecule has 1 fully saturated rings. The quantitative estimate of drug-likeness (QED) is 0.891. The lowest BCUT2D eigenvalue weighted by Gasteiger charge is -2.07. The van der Waals surface area contributed by atoms with Gasteiger partial charge in [-0.15, -0.1) is 11.3 Å². The zero-order valence-corrected chi connectivity index (χ0v) is 12.3. The third-order valence-corrected chi connectivity index (χ3v) is 4.73. The van der Waals surface area contributed by atoms with Crippen molar-refractivity contribution in [3.8, 4) is 6.07 Å². The van der Waals surface area contributed by atoms with Gasteiger partial charge in [-0.1, -0.05) is 29.8 Å². The summed E-state index contributed by atoms with van der Waals surface area (Å²) in [5, 5.41) is 13.7. The zero-order valence-electron chi connectivity index (χ0n) is 11.4. The maximum absolute atomic E-state index is 9.13. The molecule has 102 valence electrons. The first-order valence-corrected chi connectivity index (χ1v) is 7.62. The minimum absolute atomic E-state index is 0.550. The third-order valence-electron chi connectivity index (χ3n) is 3.64. The molecule has 1 aliphatic carbocycles. The smallest absolute Gasteiger partial charge is 0.130 e. The van der Waals surface area contributed by atoms with Gasteiger partial charge < -0.3 is 11.1 Å². The van der Waals surface area contributed by atoms with Crippen molar-refractivity contribution in [3.05, 3.63) is 45.8 Å². The van der Waals surface area contributed by atoms with Gasteiger partial charge in [-0.05, 0) is 31.2 Å². The van der Waals surface area contributed by atoms with Gasteiger partial charge in [0.2, 0.25) is 0 Å². The summed E-state index contributed by atoms with van der Waals surface area (Å²) >= 11 is 1.48. The molecule has 0 radical (unpaired) electrons. The Bertz CT molecular complexity index is 660. The lowest BCUT2D eigenvalue weighted by molar-refractivity contribution is 1.10. The number of hydrogen-bond acceptors (Lipinski definition) is 4. The monoisotopic (exact) mass is 283 g/mol. The van der Waals surface area contributed by atoms with E-state index in [2.05, 4.69) is 42.6 Å². The van der Waals surface area contributed by atoms with E-state index in [4.69, 9.17) is 11.0 Å². The highest BCUT2D eigenvalue weighted by molar-refractivity contribution is 7.17. The molecule has 0 bridgehead atoms. The van der Waals surface area contributed by atoms with Gasteiger partial charge in [0.05, 0.1) is 10.7 Å². The SMILES string of the molecule is Cc1ccc(CNc2sc(C#N)c(N)c2C2CC2)cc1. The van der Waals surface area contributed by atoms with E-state index >= 15 is 0 Å². The molecule has 0 spiro atoms. The molecular formula is C16H17N3S. The number of nitriles is 1. The van der Waals surface area contributed by atoms with Crippen LogP contribution in [-0.4, -0.2) is 0 Å². The number of benzene rings is 1. The van der Waals surface area contributed by atoms with E-state index < -0.39 is 0 Å². The van der Waals surface area contributed by atoms with Crippen molar-refractivity contribution in [1.29, 1.82) is 5.26 Å². The Hall–Kier alpha value is -1.99. The van der Waals surface area contributed by atoms with E-state index in [1.807, 2.05) is 0 Å². The molecule has 1 saturated carbocycles. The first kappa shape index (κ1) is 13.0. The largest absolute Gasteiger partial charge is 0.397 e. The number of nitrogens with zero attached hydrogens (tertiary/aromatic N) is 1. The second-order valence-electron chi connectivity index (χ2n) is 5.31. The van der Waals surface area contributed by atoms with Crippen molar-refractivity contribution in [2.45, 2.75) is 32.2 Å². The highest BCUT2D eigenvalue weighted by Crippen LogP contribution is 2.50. The van der Waals surface area contributed by atoms with Crippen LogP contribution in [0, 0.1) is 18.3 Å². The molecule has 1 heterocycles. The molecule has 2 aromatic rings. The van der Waals surface area contributed by atoms with Gasteiger partial charge in [0.25, 0.3) is 0 Å². The minimum Gasteiger partial charge on any atom is -0.397 e. The van der Waals surface area contributed by atoms with Crippen LogP contribution in [0.3, 0.4) is 0 Å². The van der Waals surface area contributed by atoms with Crippen molar-refractivity contribution < 1.29 is 0 Å². The van der Waals surface area contributed by atoms with Crippen LogP contribution >= 0.6 is 11.3 Å². The van der Waals surface area contributed by atoms with Gasteiger partial charge in [0, 0.05) is 12.1 Å². The van der Waals surface area contributed by atoms with Crippen molar-refractivity contribution in [3.63, 3.8) is 0 Å². The van der Waals surface area contributed by atoms with Crippen LogP contribution in [0.2, 0.25) is 0 Å². The van der Waals surface area contributed by atoms with Gasteiger partial charge in [0.15, 0.2) is 0 Å². The molecule has 3 nitrogen and oxygen atoms in total. The number of thiophene rings is 1. The fraction of sp³-hybridized carbons (Fsp3) is 0.312. The van der Waals surface area contributed by atoms with Gasteiger partial charge in [-0.3, -0.25) is 0 Å². The topological polar surface area (TPSA) is 61.8 Å². The Morgan fingerprint density at radius 3 is 2.65 bits per heavy atom. The number of anilines is 2. The van der Waals surface area contributed by atoms with E-state index in [-0.39, 0.29) is 0 Å². The van der Waals surface area contributed by atoms with Crippen LogP contribution in [0.1, 0.15) is 40.3 Å². The second-order valence-corrected chi connectivity index (χ2v) is 6.33. The lowest BCUT2D eigenvalue weighted by atomic mass is 10.1. The Morgan fingerprint density at radius 2 is 2.05 bits per heavy atom. The molecule has 1 aromatic heterocycles. The fourth-order valence-electron chi connectivity index (χ4n) is 2.34. The molecule has 0 atom stereocenters. The van der Waals surface area contributed by atoms with Gasteiger partial charge in [0.1, 0.15) is 10.9 Å². The number of nitrogens with one attached hydrogen (secondary N) is 1. The van der Waals surface area contributed by atoms with Gasteiger partial charge in [-0.25, -0.2) is 0 Å². The minimum atomic E-state index is 0.550. The summed E-state index contributed by atoms with van der Waals surface area (Å²) in [6, 6.07) is 10.7. The zero-order chi connectivity index (χ0) is 14.1. The number of nitrogens with two attached hydrogens (primary N) is 1. The highest BCUT2D eigenvalue weighted by atomic mass is 32.1. The van der Waals surface area contributed by atoms with Crippen molar-refractivity contribution in [2.24, 2.45) is 0 Å². The standard InChI is InChI=1S/C16H17N3S/c1-10-2-4-11(5-3-10)9-19-16-14(12-6-7-12)15(18)13(8-17)20-16/h2-5,12,19H,6-7,9,18H2,1H3. The number of aryl methyl sites for hydroxylation is 1. The van der Waals surface area contributed by atoms with E-state index in [0.717, 1.165) is 11.5 Å². The van der Waals surface area contributed by atoms with Crippen LogP contribution in [0.4, 0.5) is 10.7 Å². The van der Waals surface area contributed by atoms with E-state index in [1.54, 1.807) is 0 Å². The Kier molecular flexibility index (Phi) is 3.37. The molecule has 0 amide bonds. The summed E-state index contributed by atoms with van der Waals surface area (Å²) in [7, 11) is 0. The maximum atomic E-state index is 9.13. The molecule has 0 unspecified atom stereocenters. The van der Waals surface area contributed by atoms with Crippen LogP contribution < -0.4 is 11.1 Å².